The molecule has 1 aromatic heterocycles. The molecular formula is C22H24F3N3O4. The van der Waals surface area contributed by atoms with E-state index in [1.807, 2.05) is 0 Å². The molecule has 2 aliphatic heterocycles. The maximum Gasteiger partial charge on any atom is 0.416 e. The number of alkyl halides is 3. The number of amides is 2. The van der Waals surface area contributed by atoms with E-state index < -0.39 is 11.7 Å². The molecule has 0 radical (unpaired) electrons. The van der Waals surface area contributed by atoms with Gasteiger partial charge < -0.3 is 19.0 Å². The molecule has 2 aliphatic rings. The second-order valence-electron chi connectivity index (χ2n) is 7.92. The lowest BCUT2D eigenvalue weighted by Gasteiger charge is -2.39. The van der Waals surface area contributed by atoms with Gasteiger partial charge in [-0.3, -0.25) is 14.5 Å². The van der Waals surface area contributed by atoms with Crippen molar-refractivity contribution in [2.75, 3.05) is 52.4 Å². The van der Waals surface area contributed by atoms with Gasteiger partial charge in [-0.25, -0.2) is 0 Å². The van der Waals surface area contributed by atoms with Crippen molar-refractivity contribution in [3.8, 4) is 0 Å². The quantitative estimate of drug-likeness (QED) is 0.715. The molecule has 0 saturated carbocycles. The highest BCUT2D eigenvalue weighted by Gasteiger charge is 2.31. The van der Waals surface area contributed by atoms with Crippen molar-refractivity contribution in [2.45, 2.75) is 12.3 Å². The molecule has 0 spiro atoms. The Balaban J connectivity index is 1.26. The Morgan fingerprint density at radius 3 is 2.22 bits per heavy atom. The van der Waals surface area contributed by atoms with Crippen LogP contribution < -0.4 is 0 Å². The molecule has 2 fully saturated rings. The predicted molar refractivity (Wildman–Crippen MR) is 108 cm³/mol. The molecule has 2 amide bonds. The summed E-state index contributed by atoms with van der Waals surface area (Å²) >= 11 is 0. The van der Waals surface area contributed by atoms with Crippen LogP contribution in [0.25, 0.3) is 0 Å². The average Bonchev–Trinajstić information content (AvgIpc) is 3.33. The van der Waals surface area contributed by atoms with Crippen LogP contribution in [0.4, 0.5) is 13.2 Å². The van der Waals surface area contributed by atoms with Gasteiger partial charge in [0.15, 0.2) is 0 Å². The summed E-state index contributed by atoms with van der Waals surface area (Å²) in [6.45, 7) is 4.31. The number of furan rings is 1. The molecule has 10 heteroatoms. The van der Waals surface area contributed by atoms with Gasteiger partial charge in [0, 0.05) is 51.4 Å². The molecule has 1 unspecified atom stereocenters. The summed E-state index contributed by atoms with van der Waals surface area (Å²) in [5.74, 6) is -0.358. The Bertz CT molecular complexity index is 923. The fraction of sp³-hybridized carbons (Fsp3) is 0.455. The van der Waals surface area contributed by atoms with Gasteiger partial charge in [0.2, 0.25) is 0 Å². The number of morpholine rings is 1. The van der Waals surface area contributed by atoms with Crippen LogP contribution >= 0.6 is 0 Å². The van der Waals surface area contributed by atoms with Crippen molar-refractivity contribution >= 4 is 11.8 Å². The SMILES string of the molecule is O=C(c1ccc(C(F)(F)F)cc1)N1CCN(CC2CN(C(=O)c3ccoc3)CCO2)CC1. The van der Waals surface area contributed by atoms with Gasteiger partial charge in [0.05, 0.1) is 30.1 Å². The lowest BCUT2D eigenvalue weighted by molar-refractivity contribution is -0.137. The zero-order valence-corrected chi connectivity index (χ0v) is 17.4. The van der Waals surface area contributed by atoms with Gasteiger partial charge in [-0.1, -0.05) is 0 Å². The van der Waals surface area contributed by atoms with Crippen molar-refractivity contribution in [1.29, 1.82) is 0 Å². The van der Waals surface area contributed by atoms with Crippen LogP contribution in [0.1, 0.15) is 26.3 Å². The summed E-state index contributed by atoms with van der Waals surface area (Å²) in [6, 6.07) is 5.94. The van der Waals surface area contributed by atoms with Gasteiger partial charge in [-0.15, -0.1) is 0 Å². The molecule has 1 aromatic carbocycles. The predicted octanol–water partition coefficient (Wildman–Crippen LogP) is 2.60. The molecular weight excluding hydrogens is 427 g/mol. The maximum absolute atomic E-state index is 12.7. The number of hydrogen-bond donors (Lipinski definition) is 0. The summed E-state index contributed by atoms with van der Waals surface area (Å²) in [5.41, 5.74) is -0.0110. The Morgan fingerprint density at radius 1 is 0.906 bits per heavy atom. The van der Waals surface area contributed by atoms with E-state index in [2.05, 4.69) is 4.90 Å². The summed E-state index contributed by atoms with van der Waals surface area (Å²) in [7, 11) is 0. The van der Waals surface area contributed by atoms with Crippen molar-refractivity contribution in [1.82, 2.24) is 14.7 Å². The van der Waals surface area contributed by atoms with E-state index in [4.69, 9.17) is 9.15 Å². The number of carbonyl (C=O) groups excluding carboxylic acids is 2. The monoisotopic (exact) mass is 451 g/mol. The van der Waals surface area contributed by atoms with Crippen molar-refractivity contribution in [3.63, 3.8) is 0 Å². The van der Waals surface area contributed by atoms with Crippen LogP contribution in [0.5, 0.6) is 0 Å². The highest BCUT2D eigenvalue weighted by atomic mass is 19.4. The second-order valence-corrected chi connectivity index (χ2v) is 7.92. The molecule has 4 rings (SSSR count). The fourth-order valence-electron chi connectivity index (χ4n) is 3.99. The minimum atomic E-state index is -4.42. The van der Waals surface area contributed by atoms with E-state index >= 15 is 0 Å². The third-order valence-corrected chi connectivity index (χ3v) is 5.77. The minimum absolute atomic E-state index is 0.0843. The smallest absolute Gasteiger partial charge is 0.416 e. The molecule has 32 heavy (non-hydrogen) atoms. The lowest BCUT2D eigenvalue weighted by atomic mass is 10.1. The number of carbonyl (C=O) groups is 2. The van der Waals surface area contributed by atoms with E-state index in [9.17, 15) is 22.8 Å². The van der Waals surface area contributed by atoms with Gasteiger partial charge >= 0.3 is 6.18 Å². The van der Waals surface area contributed by atoms with Crippen LogP contribution in [0.2, 0.25) is 0 Å². The molecule has 0 N–H and O–H groups in total. The van der Waals surface area contributed by atoms with Crippen LogP contribution in [0, 0.1) is 0 Å². The Kier molecular flexibility index (Phi) is 6.52. The molecule has 0 bridgehead atoms. The second kappa shape index (κ2) is 9.33. The molecule has 7 nitrogen and oxygen atoms in total. The number of piperazine rings is 1. The topological polar surface area (TPSA) is 66.2 Å². The molecule has 2 aromatic rings. The first-order valence-corrected chi connectivity index (χ1v) is 10.4. The summed E-state index contributed by atoms with van der Waals surface area (Å²) in [6.07, 6.45) is -1.65. The zero-order chi connectivity index (χ0) is 22.7. The van der Waals surface area contributed by atoms with Gasteiger partial charge in [0.1, 0.15) is 6.26 Å². The van der Waals surface area contributed by atoms with E-state index in [1.54, 1.807) is 15.9 Å². The third kappa shape index (κ3) is 5.13. The van der Waals surface area contributed by atoms with Gasteiger partial charge in [0.25, 0.3) is 11.8 Å². The highest BCUT2D eigenvalue weighted by molar-refractivity contribution is 5.94. The zero-order valence-electron chi connectivity index (χ0n) is 17.4. The lowest BCUT2D eigenvalue weighted by Crippen LogP contribution is -2.54. The largest absolute Gasteiger partial charge is 0.472 e. The van der Waals surface area contributed by atoms with E-state index in [0.717, 1.165) is 12.1 Å². The minimum Gasteiger partial charge on any atom is -0.472 e. The number of ether oxygens (including phenoxy) is 1. The Morgan fingerprint density at radius 2 is 1.59 bits per heavy atom. The van der Waals surface area contributed by atoms with Crippen LogP contribution in [-0.2, 0) is 10.9 Å². The Labute approximate surface area is 183 Å². The molecule has 172 valence electrons. The average molecular weight is 451 g/mol. The molecule has 2 saturated heterocycles. The highest BCUT2D eigenvalue weighted by Crippen LogP contribution is 2.29. The standard InChI is InChI=1S/C22H24F3N3O4/c23-22(24,25)18-3-1-16(2-4-18)20(29)27-8-6-26(7-9-27)13-19-14-28(10-12-32-19)21(30)17-5-11-31-15-17/h1-5,11,15,19H,6-10,12-14H2. The Hall–Kier alpha value is -2.85. The number of rotatable bonds is 4. The summed E-state index contributed by atoms with van der Waals surface area (Å²) in [5, 5.41) is 0. The summed E-state index contributed by atoms with van der Waals surface area (Å²) < 4.78 is 49.0. The molecule has 0 aliphatic carbocycles. The first kappa shape index (κ1) is 22.3. The molecule has 1 atom stereocenters. The fourth-order valence-corrected chi connectivity index (χ4v) is 3.99. The van der Waals surface area contributed by atoms with Crippen LogP contribution in [0.15, 0.2) is 47.3 Å². The van der Waals surface area contributed by atoms with E-state index in [1.165, 1.54) is 24.7 Å². The molecule has 3 heterocycles. The van der Waals surface area contributed by atoms with Crippen LogP contribution in [-0.4, -0.2) is 85.0 Å². The van der Waals surface area contributed by atoms with Gasteiger partial charge in [-0.2, -0.15) is 13.2 Å². The van der Waals surface area contributed by atoms with Crippen molar-refractivity contribution in [2.24, 2.45) is 0 Å². The number of hydrogen-bond acceptors (Lipinski definition) is 5. The van der Waals surface area contributed by atoms with E-state index in [0.29, 0.717) is 58.0 Å². The normalized spacial score (nSPS) is 20.4. The first-order valence-electron chi connectivity index (χ1n) is 10.4. The summed E-state index contributed by atoms with van der Waals surface area (Å²) in [4.78, 5) is 30.7. The van der Waals surface area contributed by atoms with E-state index in [-0.39, 0.29) is 23.5 Å². The first-order chi connectivity index (χ1) is 15.3. The van der Waals surface area contributed by atoms with Crippen molar-refractivity contribution in [3.05, 3.63) is 59.5 Å². The number of benzene rings is 1. The third-order valence-electron chi connectivity index (χ3n) is 5.77. The number of nitrogens with zero attached hydrogens (tertiary/aromatic N) is 3. The van der Waals surface area contributed by atoms with Crippen molar-refractivity contribution < 1.29 is 31.9 Å². The van der Waals surface area contributed by atoms with Gasteiger partial charge in [-0.05, 0) is 30.3 Å². The van der Waals surface area contributed by atoms with Crippen LogP contribution in [0.3, 0.4) is 0 Å². The maximum atomic E-state index is 12.7. The number of halogens is 3.